The molecule has 4 nitrogen and oxygen atoms in total. The highest BCUT2D eigenvalue weighted by molar-refractivity contribution is 5.74. The highest BCUT2D eigenvalue weighted by atomic mass is 19.1. The summed E-state index contributed by atoms with van der Waals surface area (Å²) in [6.45, 7) is 5.07. The fraction of sp³-hybridized carbons (Fsp3) is 0.778. The van der Waals surface area contributed by atoms with Crippen LogP contribution in [0.1, 0.15) is 33.6 Å². The molecule has 0 rings (SSSR count). The van der Waals surface area contributed by atoms with Crippen LogP contribution in [-0.4, -0.2) is 28.8 Å². The zero-order valence-electron chi connectivity index (χ0n) is 8.54. The normalized spacial score (nSPS) is 13.4. The number of halogens is 1. The Bertz CT molecular complexity index is 219. The van der Waals surface area contributed by atoms with Crippen LogP contribution in [0.4, 0.5) is 4.39 Å². The molecule has 0 bridgehead atoms. The van der Waals surface area contributed by atoms with Crippen molar-refractivity contribution in [3.05, 3.63) is 0 Å². The van der Waals surface area contributed by atoms with Crippen LogP contribution in [0.25, 0.3) is 0 Å². The predicted molar refractivity (Wildman–Crippen MR) is 47.6 cm³/mol. The molecule has 14 heavy (non-hydrogen) atoms. The average Bonchev–Trinajstić information content (AvgIpc) is 1.96. The SMILES string of the molecule is CC(C)(C)OC(=O)CC[C@H](F)C(=O)O. The number of aliphatic carboxylic acids is 1. The fourth-order valence-corrected chi connectivity index (χ4v) is 0.761. The number of hydrogen-bond acceptors (Lipinski definition) is 3. The van der Waals surface area contributed by atoms with Crippen LogP contribution < -0.4 is 0 Å². The van der Waals surface area contributed by atoms with Gasteiger partial charge in [0.25, 0.3) is 0 Å². The van der Waals surface area contributed by atoms with Crippen molar-refractivity contribution in [3.63, 3.8) is 0 Å². The maximum Gasteiger partial charge on any atom is 0.338 e. The summed E-state index contributed by atoms with van der Waals surface area (Å²) in [5.74, 6) is -2.13. The molecule has 0 saturated heterocycles. The van der Waals surface area contributed by atoms with Gasteiger partial charge in [-0.1, -0.05) is 0 Å². The van der Waals surface area contributed by atoms with Crippen molar-refractivity contribution in [1.82, 2.24) is 0 Å². The Hall–Kier alpha value is -1.13. The first kappa shape index (κ1) is 12.9. The van der Waals surface area contributed by atoms with Gasteiger partial charge in [0.05, 0.1) is 0 Å². The Morgan fingerprint density at radius 1 is 1.43 bits per heavy atom. The first-order valence-corrected chi connectivity index (χ1v) is 4.31. The number of carboxylic acid groups (broad SMARTS) is 1. The van der Waals surface area contributed by atoms with Gasteiger partial charge in [0.1, 0.15) is 5.60 Å². The van der Waals surface area contributed by atoms with Crippen molar-refractivity contribution < 1.29 is 23.8 Å². The Balaban J connectivity index is 3.81. The molecule has 0 spiro atoms. The lowest BCUT2D eigenvalue weighted by atomic mass is 10.2. The minimum atomic E-state index is -2.00. The average molecular weight is 206 g/mol. The van der Waals surface area contributed by atoms with E-state index in [1.807, 2.05) is 0 Å². The maximum absolute atomic E-state index is 12.5. The van der Waals surface area contributed by atoms with Gasteiger partial charge in [-0.3, -0.25) is 4.79 Å². The molecule has 0 amide bonds. The number of alkyl halides is 1. The first-order valence-electron chi connectivity index (χ1n) is 4.31. The topological polar surface area (TPSA) is 63.6 Å². The molecule has 0 aliphatic heterocycles. The highest BCUT2D eigenvalue weighted by Crippen LogP contribution is 2.10. The summed E-state index contributed by atoms with van der Waals surface area (Å²) < 4.78 is 17.4. The zero-order chi connectivity index (χ0) is 11.4. The van der Waals surface area contributed by atoms with Gasteiger partial charge in [0, 0.05) is 6.42 Å². The molecule has 0 radical (unpaired) electrons. The minimum absolute atomic E-state index is 0.218. The molecule has 82 valence electrons. The largest absolute Gasteiger partial charge is 0.479 e. The van der Waals surface area contributed by atoms with Gasteiger partial charge in [-0.15, -0.1) is 0 Å². The quantitative estimate of drug-likeness (QED) is 0.708. The summed E-state index contributed by atoms with van der Waals surface area (Å²) in [6, 6.07) is 0. The molecule has 0 heterocycles. The van der Waals surface area contributed by atoms with Crippen LogP contribution in [0.3, 0.4) is 0 Å². The standard InChI is InChI=1S/C9H15FO4/c1-9(2,3)14-7(11)5-4-6(10)8(12)13/h6H,4-5H2,1-3H3,(H,12,13)/t6-/m0/s1. The number of carbonyl (C=O) groups excluding carboxylic acids is 1. The molecule has 0 aliphatic carbocycles. The molecule has 0 aromatic rings. The van der Waals surface area contributed by atoms with Crippen LogP contribution in [0, 0.1) is 0 Å². The third kappa shape index (κ3) is 6.39. The van der Waals surface area contributed by atoms with Crippen molar-refractivity contribution in [2.24, 2.45) is 0 Å². The van der Waals surface area contributed by atoms with Crippen molar-refractivity contribution in [3.8, 4) is 0 Å². The van der Waals surface area contributed by atoms with Gasteiger partial charge in [-0.2, -0.15) is 0 Å². The second-order valence-corrected chi connectivity index (χ2v) is 3.93. The van der Waals surface area contributed by atoms with Gasteiger partial charge in [-0.25, -0.2) is 9.18 Å². The van der Waals surface area contributed by atoms with Gasteiger partial charge in [0.15, 0.2) is 6.17 Å². The third-order valence-corrected chi connectivity index (χ3v) is 1.29. The van der Waals surface area contributed by atoms with Crippen LogP contribution in [0.5, 0.6) is 0 Å². The summed E-state index contributed by atoms with van der Waals surface area (Å²) >= 11 is 0. The summed E-state index contributed by atoms with van der Waals surface area (Å²) in [5, 5.41) is 8.20. The third-order valence-electron chi connectivity index (χ3n) is 1.29. The lowest BCUT2D eigenvalue weighted by Gasteiger charge is -2.19. The lowest BCUT2D eigenvalue weighted by Crippen LogP contribution is -2.25. The van der Waals surface area contributed by atoms with Gasteiger partial charge in [-0.05, 0) is 27.2 Å². The van der Waals surface area contributed by atoms with E-state index in [0.29, 0.717) is 0 Å². The van der Waals surface area contributed by atoms with E-state index in [4.69, 9.17) is 9.84 Å². The van der Waals surface area contributed by atoms with E-state index in [2.05, 4.69) is 0 Å². The molecule has 0 fully saturated rings. The van der Waals surface area contributed by atoms with E-state index in [9.17, 15) is 14.0 Å². The van der Waals surface area contributed by atoms with Crippen LogP contribution in [-0.2, 0) is 14.3 Å². The Labute approximate surface area is 82.1 Å². The Morgan fingerprint density at radius 2 is 1.93 bits per heavy atom. The Kier molecular flexibility index (Phi) is 4.53. The van der Waals surface area contributed by atoms with E-state index in [1.54, 1.807) is 20.8 Å². The van der Waals surface area contributed by atoms with Crippen LogP contribution >= 0.6 is 0 Å². The Morgan fingerprint density at radius 3 is 2.29 bits per heavy atom. The molecule has 1 atom stereocenters. The molecule has 0 aliphatic rings. The second kappa shape index (κ2) is 4.93. The predicted octanol–water partition coefficient (Wildman–Crippen LogP) is 1.53. The maximum atomic E-state index is 12.5. The van der Waals surface area contributed by atoms with E-state index in [0.717, 1.165) is 0 Å². The number of rotatable bonds is 4. The van der Waals surface area contributed by atoms with E-state index >= 15 is 0 Å². The summed E-state index contributed by atoms with van der Waals surface area (Å²) in [4.78, 5) is 21.1. The molecule has 0 aromatic carbocycles. The van der Waals surface area contributed by atoms with Gasteiger partial charge in [0.2, 0.25) is 0 Å². The number of carbonyl (C=O) groups is 2. The lowest BCUT2D eigenvalue weighted by molar-refractivity contribution is -0.155. The van der Waals surface area contributed by atoms with Gasteiger partial charge < -0.3 is 9.84 Å². The highest BCUT2D eigenvalue weighted by Gasteiger charge is 2.20. The van der Waals surface area contributed by atoms with E-state index in [1.165, 1.54) is 0 Å². The van der Waals surface area contributed by atoms with Crippen molar-refractivity contribution in [1.29, 1.82) is 0 Å². The minimum Gasteiger partial charge on any atom is -0.479 e. The van der Waals surface area contributed by atoms with Crippen LogP contribution in [0.15, 0.2) is 0 Å². The van der Waals surface area contributed by atoms with Crippen molar-refractivity contribution in [2.75, 3.05) is 0 Å². The molecule has 1 N–H and O–H groups in total. The molecule has 0 aromatic heterocycles. The molecular weight excluding hydrogens is 191 g/mol. The smallest absolute Gasteiger partial charge is 0.338 e. The molecule has 5 heteroatoms. The summed E-state index contributed by atoms with van der Waals surface area (Å²) in [7, 11) is 0. The van der Waals surface area contributed by atoms with Gasteiger partial charge >= 0.3 is 11.9 Å². The van der Waals surface area contributed by atoms with E-state index < -0.39 is 23.7 Å². The fourth-order valence-electron chi connectivity index (χ4n) is 0.761. The number of hydrogen-bond donors (Lipinski definition) is 1. The summed E-state index contributed by atoms with van der Waals surface area (Å²) in [6.07, 6.45) is -2.56. The molecule has 0 saturated carbocycles. The second-order valence-electron chi connectivity index (χ2n) is 3.93. The number of esters is 1. The van der Waals surface area contributed by atoms with E-state index in [-0.39, 0.29) is 12.8 Å². The number of ether oxygens (including phenoxy) is 1. The summed E-state index contributed by atoms with van der Waals surface area (Å²) in [5.41, 5.74) is -0.619. The van der Waals surface area contributed by atoms with Crippen molar-refractivity contribution >= 4 is 11.9 Å². The van der Waals surface area contributed by atoms with Crippen LogP contribution in [0.2, 0.25) is 0 Å². The molecule has 0 unspecified atom stereocenters. The monoisotopic (exact) mass is 206 g/mol. The van der Waals surface area contributed by atoms with Crippen molar-refractivity contribution in [2.45, 2.75) is 45.4 Å². The zero-order valence-corrected chi connectivity index (χ0v) is 8.54. The molecular formula is C9H15FO4. The first-order chi connectivity index (χ1) is 6.22. The number of carboxylic acids is 1.